The van der Waals surface area contributed by atoms with Crippen LogP contribution in [-0.2, 0) is 9.53 Å². The molecule has 2 aromatic rings. The summed E-state index contributed by atoms with van der Waals surface area (Å²) in [7, 11) is 5.97. The molecule has 0 radical (unpaired) electrons. The van der Waals surface area contributed by atoms with E-state index in [1.54, 1.807) is 31.6 Å². The van der Waals surface area contributed by atoms with E-state index >= 15 is 0 Å². The third-order valence-electron chi connectivity index (χ3n) is 3.56. The molecule has 2 rings (SSSR count). The number of carbonyl (C=O) groups excluding carboxylic acids is 3. The van der Waals surface area contributed by atoms with Crippen molar-refractivity contribution in [3.63, 3.8) is 0 Å². The Hall–Kier alpha value is -3.07. The van der Waals surface area contributed by atoms with Crippen LogP contribution in [-0.4, -0.2) is 57.6 Å². The Morgan fingerprint density at radius 1 is 1.11 bits per heavy atom. The summed E-state index contributed by atoms with van der Waals surface area (Å²) >= 11 is 1.27. The van der Waals surface area contributed by atoms with Gasteiger partial charge in [-0.3, -0.25) is 9.59 Å². The lowest BCUT2D eigenvalue weighted by Crippen LogP contribution is -2.27. The van der Waals surface area contributed by atoms with E-state index in [9.17, 15) is 14.4 Å². The van der Waals surface area contributed by atoms with Crippen LogP contribution in [0.2, 0.25) is 0 Å². The first-order valence-electron chi connectivity index (χ1n) is 7.85. The van der Waals surface area contributed by atoms with Gasteiger partial charge >= 0.3 is 5.97 Å². The van der Waals surface area contributed by atoms with Crippen LogP contribution < -0.4 is 14.8 Å². The minimum absolute atomic E-state index is 0.0455. The van der Waals surface area contributed by atoms with E-state index in [0.29, 0.717) is 10.6 Å². The van der Waals surface area contributed by atoms with Crippen LogP contribution in [0, 0.1) is 0 Å². The van der Waals surface area contributed by atoms with Crippen LogP contribution in [0.5, 0.6) is 11.5 Å². The molecule has 8 nitrogen and oxygen atoms in total. The molecular formula is C18H20N2O6S. The smallest absolute Gasteiger partial charge is 0.340 e. The third kappa shape index (κ3) is 4.98. The number of nitrogens with zero attached hydrogens (tertiary/aromatic N) is 1. The van der Waals surface area contributed by atoms with E-state index in [1.807, 2.05) is 0 Å². The lowest BCUT2D eigenvalue weighted by molar-refractivity contribution is -0.131. The molecule has 0 aliphatic heterocycles. The van der Waals surface area contributed by atoms with Crippen LogP contribution in [0.4, 0.5) is 5.69 Å². The summed E-state index contributed by atoms with van der Waals surface area (Å²) in [6.07, 6.45) is 0. The Balaban J connectivity index is 2.33. The predicted molar refractivity (Wildman–Crippen MR) is 101 cm³/mol. The van der Waals surface area contributed by atoms with Gasteiger partial charge in [0.25, 0.3) is 11.8 Å². The van der Waals surface area contributed by atoms with E-state index in [-0.39, 0.29) is 28.8 Å². The average molecular weight is 392 g/mol. The Bertz CT molecular complexity index is 833. The topological polar surface area (TPSA) is 94.2 Å². The fraction of sp³-hybridized carbons (Fsp3) is 0.278. The van der Waals surface area contributed by atoms with Gasteiger partial charge in [0, 0.05) is 26.2 Å². The molecule has 1 N–H and O–H groups in total. The number of thiophene rings is 1. The monoisotopic (exact) mass is 392 g/mol. The number of nitrogens with one attached hydrogen (secondary N) is 1. The number of anilines is 1. The molecule has 0 saturated carbocycles. The van der Waals surface area contributed by atoms with Gasteiger partial charge < -0.3 is 24.4 Å². The third-order valence-corrected chi connectivity index (χ3v) is 4.43. The second-order valence-corrected chi connectivity index (χ2v) is 6.50. The number of ether oxygens (including phenoxy) is 3. The van der Waals surface area contributed by atoms with Gasteiger partial charge in [0.05, 0.1) is 30.3 Å². The Kier molecular flexibility index (Phi) is 6.78. The lowest BCUT2D eigenvalue weighted by atomic mass is 10.1. The van der Waals surface area contributed by atoms with E-state index in [1.165, 1.54) is 42.6 Å². The zero-order chi connectivity index (χ0) is 20.0. The van der Waals surface area contributed by atoms with Gasteiger partial charge in [0.15, 0.2) is 18.1 Å². The normalized spacial score (nSPS) is 10.1. The number of benzene rings is 1. The van der Waals surface area contributed by atoms with Gasteiger partial charge in [-0.2, -0.15) is 0 Å². The van der Waals surface area contributed by atoms with Crippen molar-refractivity contribution in [1.29, 1.82) is 0 Å². The summed E-state index contributed by atoms with van der Waals surface area (Å²) in [5.74, 6) is -0.895. The van der Waals surface area contributed by atoms with Crippen molar-refractivity contribution in [1.82, 2.24) is 4.90 Å². The number of carbonyl (C=O) groups is 3. The highest BCUT2D eigenvalue weighted by Gasteiger charge is 2.21. The molecule has 1 heterocycles. The van der Waals surface area contributed by atoms with Crippen molar-refractivity contribution in [2.24, 2.45) is 0 Å². The van der Waals surface area contributed by atoms with E-state index < -0.39 is 12.6 Å². The average Bonchev–Trinajstić information content (AvgIpc) is 3.20. The lowest BCUT2D eigenvalue weighted by Gasteiger charge is -2.15. The fourth-order valence-electron chi connectivity index (χ4n) is 2.08. The molecule has 0 unspecified atom stereocenters. The molecular weight excluding hydrogens is 372 g/mol. The molecule has 0 aliphatic carbocycles. The molecule has 0 fully saturated rings. The first-order valence-corrected chi connectivity index (χ1v) is 8.73. The molecule has 0 saturated heterocycles. The summed E-state index contributed by atoms with van der Waals surface area (Å²) in [6, 6.07) is 6.27. The number of likely N-dealkylation sites (N-methyl/N-ethyl adjacent to an activating group) is 1. The maximum atomic E-state index is 12.5. The van der Waals surface area contributed by atoms with E-state index in [2.05, 4.69) is 5.32 Å². The molecule has 27 heavy (non-hydrogen) atoms. The number of methoxy groups -OCH3 is 2. The second kappa shape index (κ2) is 9.04. The zero-order valence-corrected chi connectivity index (χ0v) is 16.2. The number of esters is 1. The summed E-state index contributed by atoms with van der Waals surface area (Å²) in [6.45, 7) is -0.418. The fourth-order valence-corrected chi connectivity index (χ4v) is 2.70. The number of hydrogen-bond acceptors (Lipinski definition) is 7. The van der Waals surface area contributed by atoms with Crippen molar-refractivity contribution in [3.05, 3.63) is 40.1 Å². The largest absolute Gasteiger partial charge is 0.493 e. The van der Waals surface area contributed by atoms with Crippen LogP contribution in [0.1, 0.15) is 20.0 Å². The summed E-state index contributed by atoms with van der Waals surface area (Å²) in [4.78, 5) is 38.3. The number of hydrogen-bond donors (Lipinski definition) is 1. The Morgan fingerprint density at radius 3 is 2.33 bits per heavy atom. The maximum absolute atomic E-state index is 12.5. The van der Waals surface area contributed by atoms with Crippen molar-refractivity contribution < 1.29 is 28.6 Å². The Morgan fingerprint density at radius 2 is 1.78 bits per heavy atom. The second-order valence-electron chi connectivity index (χ2n) is 5.55. The zero-order valence-electron chi connectivity index (χ0n) is 15.4. The molecule has 2 amide bonds. The summed E-state index contributed by atoms with van der Waals surface area (Å²) in [5.41, 5.74) is 0.234. The number of rotatable bonds is 7. The molecule has 0 atom stereocenters. The highest BCUT2D eigenvalue weighted by Crippen LogP contribution is 2.34. The van der Waals surface area contributed by atoms with E-state index in [4.69, 9.17) is 14.2 Å². The standard InChI is InChI=1S/C18H20N2O6S/c1-20(2)16(21)10-26-18(23)11-8-13(24-3)14(25-4)9-12(11)19-17(22)15-6-5-7-27-15/h5-9H,10H2,1-4H3,(H,19,22). The van der Waals surface area contributed by atoms with Gasteiger partial charge in [-0.25, -0.2) is 4.79 Å². The first kappa shape index (κ1) is 20.2. The van der Waals surface area contributed by atoms with Gasteiger partial charge in [-0.1, -0.05) is 6.07 Å². The molecule has 144 valence electrons. The van der Waals surface area contributed by atoms with Crippen LogP contribution in [0.15, 0.2) is 29.6 Å². The molecule has 0 spiro atoms. The van der Waals surface area contributed by atoms with Gasteiger partial charge in [0.2, 0.25) is 0 Å². The van der Waals surface area contributed by atoms with Gasteiger partial charge in [0.1, 0.15) is 0 Å². The summed E-state index contributed by atoms with van der Waals surface area (Å²) < 4.78 is 15.5. The van der Waals surface area contributed by atoms with Crippen LogP contribution >= 0.6 is 11.3 Å². The molecule has 1 aromatic heterocycles. The molecule has 0 bridgehead atoms. The van der Waals surface area contributed by atoms with Crippen molar-refractivity contribution in [3.8, 4) is 11.5 Å². The quantitative estimate of drug-likeness (QED) is 0.727. The highest BCUT2D eigenvalue weighted by atomic mass is 32.1. The maximum Gasteiger partial charge on any atom is 0.340 e. The van der Waals surface area contributed by atoms with Crippen LogP contribution in [0.25, 0.3) is 0 Å². The van der Waals surface area contributed by atoms with Crippen molar-refractivity contribution >= 4 is 34.8 Å². The van der Waals surface area contributed by atoms with Gasteiger partial charge in [-0.05, 0) is 11.4 Å². The molecule has 9 heteroatoms. The van der Waals surface area contributed by atoms with Crippen molar-refractivity contribution in [2.45, 2.75) is 0 Å². The molecule has 1 aromatic carbocycles. The predicted octanol–water partition coefficient (Wildman–Crippen LogP) is 2.26. The SMILES string of the molecule is COc1cc(NC(=O)c2cccs2)c(C(=O)OCC(=O)N(C)C)cc1OC. The highest BCUT2D eigenvalue weighted by molar-refractivity contribution is 7.12. The molecule has 0 aliphatic rings. The van der Waals surface area contributed by atoms with Crippen molar-refractivity contribution in [2.75, 3.05) is 40.2 Å². The minimum Gasteiger partial charge on any atom is -0.493 e. The van der Waals surface area contributed by atoms with Gasteiger partial charge in [-0.15, -0.1) is 11.3 Å². The number of amides is 2. The first-order chi connectivity index (χ1) is 12.9. The van der Waals surface area contributed by atoms with E-state index in [0.717, 1.165) is 0 Å². The summed E-state index contributed by atoms with van der Waals surface area (Å²) in [5, 5.41) is 4.44. The Labute approximate surface area is 160 Å². The minimum atomic E-state index is -0.771. The van der Waals surface area contributed by atoms with Crippen LogP contribution in [0.3, 0.4) is 0 Å².